The predicted octanol–water partition coefficient (Wildman–Crippen LogP) is 3.83. The van der Waals surface area contributed by atoms with Crippen LogP contribution in [-0.2, 0) is 11.3 Å². The number of nitrogens with zero attached hydrogens (tertiary/aromatic N) is 5. The molecular weight excluding hydrogens is 414 g/mol. The minimum Gasteiger partial charge on any atom is -0.446 e. The van der Waals surface area contributed by atoms with E-state index in [0.29, 0.717) is 24.1 Å². The van der Waals surface area contributed by atoms with Crippen molar-refractivity contribution in [1.29, 1.82) is 0 Å². The van der Waals surface area contributed by atoms with Gasteiger partial charge in [0.2, 0.25) is 5.95 Å². The zero-order valence-corrected chi connectivity index (χ0v) is 18.9. The summed E-state index contributed by atoms with van der Waals surface area (Å²) in [6, 6.07) is 10.5. The highest BCUT2D eigenvalue weighted by atomic mass is 35.5. The Labute approximate surface area is 189 Å². The standard InChI is InChI=1S/C23H30ClN5O2/c1-17-14-28(22-25-12-20(24)13-26-22)15-18(2)29(17)23(30)31-21-8-10-27(11-9-21)16-19-6-4-3-5-7-19/h3-7,12-13,17-18,21H,8-11,14-16H2,1-2H3/t17-,18+. The lowest BCUT2D eigenvalue weighted by molar-refractivity contribution is 0.00996. The number of rotatable bonds is 4. The molecule has 0 radical (unpaired) electrons. The SMILES string of the molecule is C[C@@H]1CN(c2ncc(Cl)cn2)C[C@H](C)N1C(=O)OC1CCN(Cc2ccccc2)CC1. The molecule has 166 valence electrons. The van der Waals surface area contributed by atoms with Crippen LogP contribution in [0, 0.1) is 0 Å². The molecule has 1 aromatic heterocycles. The van der Waals surface area contributed by atoms with E-state index < -0.39 is 0 Å². The first kappa shape index (κ1) is 21.8. The first-order valence-corrected chi connectivity index (χ1v) is 11.3. The highest BCUT2D eigenvalue weighted by Crippen LogP contribution is 2.23. The van der Waals surface area contributed by atoms with Gasteiger partial charge in [-0.25, -0.2) is 14.8 Å². The summed E-state index contributed by atoms with van der Waals surface area (Å²) < 4.78 is 5.92. The number of hydrogen-bond donors (Lipinski definition) is 0. The molecule has 4 rings (SSSR count). The van der Waals surface area contributed by atoms with E-state index in [1.165, 1.54) is 5.56 Å². The summed E-state index contributed by atoms with van der Waals surface area (Å²) in [6.07, 6.45) is 4.73. The number of carbonyl (C=O) groups is 1. The minimum atomic E-state index is -0.210. The molecule has 1 amide bonds. The molecule has 0 unspecified atom stereocenters. The van der Waals surface area contributed by atoms with Crippen molar-refractivity contribution in [2.75, 3.05) is 31.1 Å². The van der Waals surface area contributed by atoms with Gasteiger partial charge >= 0.3 is 6.09 Å². The lowest BCUT2D eigenvalue weighted by Gasteiger charge is -2.44. The van der Waals surface area contributed by atoms with Gasteiger partial charge in [-0.05, 0) is 32.3 Å². The van der Waals surface area contributed by atoms with Crippen molar-refractivity contribution in [3.05, 3.63) is 53.3 Å². The molecule has 2 aliphatic rings. The third kappa shape index (κ3) is 5.46. The molecule has 0 N–H and O–H groups in total. The van der Waals surface area contributed by atoms with Gasteiger partial charge in [-0.2, -0.15) is 0 Å². The van der Waals surface area contributed by atoms with Crippen LogP contribution in [0.3, 0.4) is 0 Å². The summed E-state index contributed by atoms with van der Waals surface area (Å²) >= 11 is 5.90. The van der Waals surface area contributed by atoms with Gasteiger partial charge in [-0.3, -0.25) is 9.80 Å². The van der Waals surface area contributed by atoms with Gasteiger partial charge in [0, 0.05) is 32.7 Å². The number of hydrogen-bond acceptors (Lipinski definition) is 6. The van der Waals surface area contributed by atoms with Gasteiger partial charge in [0.25, 0.3) is 0 Å². The Kier molecular flexibility index (Phi) is 6.92. The number of benzene rings is 1. The van der Waals surface area contributed by atoms with Gasteiger partial charge in [-0.1, -0.05) is 41.9 Å². The third-order valence-electron chi connectivity index (χ3n) is 6.07. The maximum Gasteiger partial charge on any atom is 0.410 e. The van der Waals surface area contributed by atoms with E-state index in [1.54, 1.807) is 12.4 Å². The zero-order valence-electron chi connectivity index (χ0n) is 18.2. The molecule has 31 heavy (non-hydrogen) atoms. The maximum atomic E-state index is 13.0. The number of halogens is 1. The molecule has 8 heteroatoms. The summed E-state index contributed by atoms with van der Waals surface area (Å²) in [7, 11) is 0. The highest BCUT2D eigenvalue weighted by molar-refractivity contribution is 6.30. The first-order valence-electron chi connectivity index (χ1n) is 11.0. The van der Waals surface area contributed by atoms with Crippen LogP contribution in [0.2, 0.25) is 5.02 Å². The van der Waals surface area contributed by atoms with Crippen LogP contribution >= 0.6 is 11.6 Å². The normalized spacial score (nSPS) is 23.1. The number of piperazine rings is 1. The molecule has 2 saturated heterocycles. The number of aromatic nitrogens is 2. The number of likely N-dealkylation sites (tertiary alicyclic amines) is 1. The van der Waals surface area contributed by atoms with E-state index in [0.717, 1.165) is 32.5 Å². The summed E-state index contributed by atoms with van der Waals surface area (Å²) in [5.41, 5.74) is 1.32. The Balaban J connectivity index is 1.27. The van der Waals surface area contributed by atoms with Crippen LogP contribution in [0.25, 0.3) is 0 Å². The van der Waals surface area contributed by atoms with Crippen molar-refractivity contribution in [1.82, 2.24) is 19.8 Å². The Bertz CT molecular complexity index is 846. The second-order valence-corrected chi connectivity index (χ2v) is 8.99. The summed E-state index contributed by atoms with van der Waals surface area (Å²) in [4.78, 5) is 28.0. The number of amides is 1. The van der Waals surface area contributed by atoms with Crippen LogP contribution in [0.5, 0.6) is 0 Å². The smallest absolute Gasteiger partial charge is 0.410 e. The number of piperidine rings is 1. The van der Waals surface area contributed by atoms with Crippen molar-refractivity contribution >= 4 is 23.6 Å². The van der Waals surface area contributed by atoms with Gasteiger partial charge in [0.15, 0.2) is 0 Å². The quantitative estimate of drug-likeness (QED) is 0.715. The molecule has 0 aliphatic carbocycles. The summed E-state index contributed by atoms with van der Waals surface area (Å²) in [5, 5.41) is 0.516. The average Bonchev–Trinajstić information content (AvgIpc) is 2.76. The monoisotopic (exact) mass is 443 g/mol. The largest absolute Gasteiger partial charge is 0.446 e. The molecule has 7 nitrogen and oxygen atoms in total. The van der Waals surface area contributed by atoms with Crippen molar-refractivity contribution in [3.8, 4) is 0 Å². The third-order valence-corrected chi connectivity index (χ3v) is 6.27. The molecule has 2 atom stereocenters. The Morgan fingerprint density at radius 3 is 2.29 bits per heavy atom. The van der Waals surface area contributed by atoms with Crippen molar-refractivity contribution < 1.29 is 9.53 Å². The Hall–Kier alpha value is -2.38. The molecule has 2 fully saturated rings. The van der Waals surface area contributed by atoms with Gasteiger partial charge < -0.3 is 9.64 Å². The average molecular weight is 444 g/mol. The van der Waals surface area contributed by atoms with E-state index in [4.69, 9.17) is 16.3 Å². The van der Waals surface area contributed by atoms with Crippen LogP contribution < -0.4 is 4.90 Å². The molecule has 3 heterocycles. The zero-order chi connectivity index (χ0) is 21.8. The van der Waals surface area contributed by atoms with E-state index >= 15 is 0 Å². The molecule has 2 aromatic rings. The first-order chi connectivity index (χ1) is 15.0. The lowest BCUT2D eigenvalue weighted by Crippen LogP contribution is -2.59. The lowest BCUT2D eigenvalue weighted by atomic mass is 10.1. The second kappa shape index (κ2) is 9.83. The molecular formula is C23H30ClN5O2. The fraction of sp³-hybridized carbons (Fsp3) is 0.522. The van der Waals surface area contributed by atoms with Crippen LogP contribution in [0.15, 0.2) is 42.7 Å². The van der Waals surface area contributed by atoms with E-state index in [1.807, 2.05) is 24.8 Å². The molecule has 1 aromatic carbocycles. The molecule has 0 saturated carbocycles. The number of ether oxygens (including phenoxy) is 1. The van der Waals surface area contributed by atoms with Crippen LogP contribution in [0.1, 0.15) is 32.3 Å². The van der Waals surface area contributed by atoms with Crippen molar-refractivity contribution in [3.63, 3.8) is 0 Å². The highest BCUT2D eigenvalue weighted by Gasteiger charge is 2.36. The topological polar surface area (TPSA) is 61.8 Å². The van der Waals surface area contributed by atoms with Crippen LogP contribution in [0.4, 0.5) is 10.7 Å². The molecule has 2 aliphatic heterocycles. The predicted molar refractivity (Wildman–Crippen MR) is 121 cm³/mol. The van der Waals surface area contributed by atoms with Crippen LogP contribution in [-0.4, -0.2) is 70.2 Å². The van der Waals surface area contributed by atoms with Gasteiger partial charge in [-0.15, -0.1) is 0 Å². The fourth-order valence-corrected chi connectivity index (χ4v) is 4.64. The van der Waals surface area contributed by atoms with Crippen molar-refractivity contribution in [2.45, 2.75) is 51.4 Å². The summed E-state index contributed by atoms with van der Waals surface area (Å²) in [6.45, 7) is 8.25. The fourth-order valence-electron chi connectivity index (χ4n) is 4.55. The van der Waals surface area contributed by atoms with E-state index in [2.05, 4.69) is 44.0 Å². The Morgan fingerprint density at radius 2 is 1.68 bits per heavy atom. The minimum absolute atomic E-state index is 0.00805. The summed E-state index contributed by atoms with van der Waals surface area (Å²) in [5.74, 6) is 0.641. The maximum absolute atomic E-state index is 13.0. The second-order valence-electron chi connectivity index (χ2n) is 8.56. The number of carbonyl (C=O) groups excluding carboxylic acids is 1. The number of anilines is 1. The van der Waals surface area contributed by atoms with Gasteiger partial charge in [0.1, 0.15) is 6.10 Å². The molecule has 0 bridgehead atoms. The van der Waals surface area contributed by atoms with Gasteiger partial charge in [0.05, 0.1) is 29.5 Å². The van der Waals surface area contributed by atoms with E-state index in [9.17, 15) is 4.79 Å². The molecule has 0 spiro atoms. The van der Waals surface area contributed by atoms with E-state index in [-0.39, 0.29) is 24.3 Å². The Morgan fingerprint density at radius 1 is 1.06 bits per heavy atom. The van der Waals surface area contributed by atoms with Crippen molar-refractivity contribution in [2.24, 2.45) is 0 Å².